The highest BCUT2D eigenvalue weighted by molar-refractivity contribution is 9.10. The van der Waals surface area contributed by atoms with Crippen molar-refractivity contribution in [1.82, 2.24) is 10.3 Å². The molecule has 1 aromatic heterocycles. The maximum atomic E-state index is 11.5. The van der Waals surface area contributed by atoms with Crippen LogP contribution in [0.25, 0.3) is 0 Å². The molecule has 0 aromatic carbocycles. The Hall–Kier alpha value is -1.23. The van der Waals surface area contributed by atoms with Gasteiger partial charge < -0.3 is 5.32 Å². The molecule has 0 bridgehead atoms. The molecule has 0 atom stereocenters. The van der Waals surface area contributed by atoms with E-state index in [9.17, 15) is 4.79 Å². The molecule has 5 heteroatoms. The Morgan fingerprint density at radius 2 is 2.13 bits per heavy atom. The quantitative estimate of drug-likeness (QED) is 0.839. The van der Waals surface area contributed by atoms with Crippen LogP contribution in [0.1, 0.15) is 19.5 Å². The fourth-order valence-corrected chi connectivity index (χ4v) is 1.49. The van der Waals surface area contributed by atoms with Crippen LogP contribution in [0.15, 0.2) is 27.8 Å². The summed E-state index contributed by atoms with van der Waals surface area (Å²) in [5, 5.41) is 2.71. The van der Waals surface area contributed by atoms with Crippen LogP contribution in [0.5, 0.6) is 0 Å². The predicted octanol–water partition coefficient (Wildman–Crippen LogP) is 1.50. The first-order chi connectivity index (χ1) is 6.99. The number of nitrogens with zero attached hydrogens (tertiary/aromatic N) is 2. The lowest BCUT2D eigenvalue weighted by molar-refractivity contribution is -0.122. The number of aromatic nitrogens is 1. The monoisotopic (exact) mass is 267 g/mol. The summed E-state index contributed by atoms with van der Waals surface area (Å²) in [5.41, 5.74) is -0.0125. The van der Waals surface area contributed by atoms with Crippen LogP contribution in [-0.2, 0) is 4.79 Å². The Morgan fingerprint density at radius 3 is 2.60 bits per heavy atom. The van der Waals surface area contributed by atoms with Gasteiger partial charge >= 0.3 is 0 Å². The van der Waals surface area contributed by atoms with E-state index in [0.29, 0.717) is 11.5 Å². The number of carbonyl (C=O) groups is 1. The standard InChI is InChI=1S/C10H10BrN3O/c1-10(2)9(15)13-8(14-10)7-4-3-6(11)5-12-7/h3-5H,1-2H3,(H,13,14,15). The zero-order valence-corrected chi connectivity index (χ0v) is 10.00. The molecule has 2 rings (SSSR count). The van der Waals surface area contributed by atoms with Gasteiger partial charge in [-0.3, -0.25) is 14.8 Å². The van der Waals surface area contributed by atoms with Gasteiger partial charge in [0.05, 0.1) is 0 Å². The van der Waals surface area contributed by atoms with E-state index >= 15 is 0 Å². The Kier molecular flexibility index (Phi) is 2.34. The lowest BCUT2D eigenvalue weighted by Crippen LogP contribution is -2.34. The number of hydrogen-bond donors (Lipinski definition) is 1. The average Bonchev–Trinajstić information content (AvgIpc) is 2.42. The van der Waals surface area contributed by atoms with Crippen LogP contribution in [0.2, 0.25) is 0 Å². The zero-order chi connectivity index (χ0) is 11.1. The zero-order valence-electron chi connectivity index (χ0n) is 8.41. The Bertz CT molecular complexity index is 436. The highest BCUT2D eigenvalue weighted by Gasteiger charge is 2.34. The maximum absolute atomic E-state index is 11.5. The summed E-state index contributed by atoms with van der Waals surface area (Å²) in [4.78, 5) is 19.9. The summed E-state index contributed by atoms with van der Waals surface area (Å²) >= 11 is 3.30. The average molecular weight is 268 g/mol. The largest absolute Gasteiger partial charge is 0.307 e. The van der Waals surface area contributed by atoms with Crippen LogP contribution < -0.4 is 5.32 Å². The summed E-state index contributed by atoms with van der Waals surface area (Å²) in [7, 11) is 0. The third-order valence-corrected chi connectivity index (χ3v) is 2.62. The van der Waals surface area contributed by atoms with Crippen molar-refractivity contribution in [3.63, 3.8) is 0 Å². The van der Waals surface area contributed by atoms with E-state index in [1.807, 2.05) is 12.1 Å². The van der Waals surface area contributed by atoms with E-state index in [4.69, 9.17) is 0 Å². The van der Waals surface area contributed by atoms with E-state index in [0.717, 1.165) is 4.47 Å². The first-order valence-electron chi connectivity index (χ1n) is 4.52. The Labute approximate surface area is 95.9 Å². The van der Waals surface area contributed by atoms with E-state index in [1.165, 1.54) is 0 Å². The lowest BCUT2D eigenvalue weighted by atomic mass is 10.1. The summed E-state index contributed by atoms with van der Waals surface area (Å²) in [6, 6.07) is 3.67. The number of carbonyl (C=O) groups excluding carboxylic acids is 1. The Balaban J connectivity index is 2.35. The fraction of sp³-hybridized carbons (Fsp3) is 0.300. The molecule has 4 nitrogen and oxygen atoms in total. The van der Waals surface area contributed by atoms with Crippen LogP contribution in [0.4, 0.5) is 0 Å². The summed E-state index contributed by atoms with van der Waals surface area (Å²) in [6.45, 7) is 3.54. The van der Waals surface area contributed by atoms with E-state index in [2.05, 4.69) is 31.2 Å². The minimum atomic E-state index is -0.690. The van der Waals surface area contributed by atoms with Gasteiger partial charge in [-0.25, -0.2) is 0 Å². The van der Waals surface area contributed by atoms with Gasteiger partial charge in [-0.15, -0.1) is 0 Å². The van der Waals surface area contributed by atoms with E-state index in [-0.39, 0.29) is 5.91 Å². The Morgan fingerprint density at radius 1 is 1.40 bits per heavy atom. The van der Waals surface area contributed by atoms with Crippen LogP contribution in [0.3, 0.4) is 0 Å². The van der Waals surface area contributed by atoms with Gasteiger partial charge in [0.2, 0.25) is 0 Å². The third kappa shape index (κ3) is 1.92. The number of amidine groups is 1. The molecule has 1 amide bonds. The van der Waals surface area contributed by atoms with Crippen LogP contribution >= 0.6 is 15.9 Å². The van der Waals surface area contributed by atoms with E-state index in [1.54, 1.807) is 20.0 Å². The lowest BCUT2D eigenvalue weighted by Gasteiger charge is -2.07. The molecule has 0 saturated heterocycles. The molecule has 1 N–H and O–H groups in total. The van der Waals surface area contributed by atoms with Crippen molar-refractivity contribution in [3.05, 3.63) is 28.5 Å². The first-order valence-corrected chi connectivity index (χ1v) is 5.31. The number of rotatable bonds is 1. The molecule has 1 aromatic rings. The molecule has 0 radical (unpaired) electrons. The van der Waals surface area contributed by atoms with Crippen molar-refractivity contribution in [2.45, 2.75) is 19.4 Å². The van der Waals surface area contributed by atoms with Gasteiger partial charge in [-0.1, -0.05) is 0 Å². The van der Waals surface area contributed by atoms with Crippen molar-refractivity contribution in [1.29, 1.82) is 0 Å². The number of aliphatic imine (C=N–C) groups is 1. The van der Waals surface area contributed by atoms with Gasteiger partial charge in [-0.05, 0) is 41.9 Å². The number of halogens is 1. The molecule has 1 aliphatic rings. The number of amides is 1. The highest BCUT2D eigenvalue weighted by atomic mass is 79.9. The minimum Gasteiger partial charge on any atom is -0.307 e. The van der Waals surface area contributed by atoms with Crippen LogP contribution in [0, 0.1) is 0 Å². The van der Waals surface area contributed by atoms with Gasteiger partial charge in [0.15, 0.2) is 5.84 Å². The molecular weight excluding hydrogens is 258 g/mol. The van der Waals surface area contributed by atoms with Crippen molar-refractivity contribution < 1.29 is 4.79 Å². The minimum absolute atomic E-state index is 0.0952. The van der Waals surface area contributed by atoms with Crippen LogP contribution in [-0.4, -0.2) is 22.3 Å². The van der Waals surface area contributed by atoms with Crippen molar-refractivity contribution in [2.75, 3.05) is 0 Å². The third-order valence-electron chi connectivity index (χ3n) is 2.15. The molecule has 1 aliphatic heterocycles. The van der Waals surface area contributed by atoms with E-state index < -0.39 is 5.54 Å². The van der Waals surface area contributed by atoms with Crippen molar-refractivity contribution >= 4 is 27.7 Å². The molecular formula is C10H10BrN3O. The summed E-state index contributed by atoms with van der Waals surface area (Å²) < 4.78 is 0.899. The van der Waals surface area contributed by atoms with Crippen molar-refractivity contribution in [2.24, 2.45) is 4.99 Å². The smallest absolute Gasteiger partial charge is 0.252 e. The molecule has 0 spiro atoms. The second-order valence-corrected chi connectivity index (χ2v) is 4.75. The topological polar surface area (TPSA) is 54.4 Å². The summed E-state index contributed by atoms with van der Waals surface area (Å²) in [5.74, 6) is 0.444. The number of pyridine rings is 1. The number of nitrogens with one attached hydrogen (secondary N) is 1. The molecule has 2 heterocycles. The van der Waals surface area contributed by atoms with Gasteiger partial charge in [0.25, 0.3) is 5.91 Å². The number of hydrogen-bond acceptors (Lipinski definition) is 3. The predicted molar refractivity (Wildman–Crippen MR) is 60.7 cm³/mol. The molecule has 0 aliphatic carbocycles. The van der Waals surface area contributed by atoms with Gasteiger partial charge in [0, 0.05) is 10.7 Å². The second kappa shape index (κ2) is 3.41. The first kappa shape index (κ1) is 10.3. The molecule has 0 unspecified atom stereocenters. The maximum Gasteiger partial charge on any atom is 0.252 e. The normalized spacial score (nSPS) is 18.6. The molecule has 78 valence electrons. The summed E-state index contributed by atoms with van der Waals surface area (Å²) in [6.07, 6.45) is 1.68. The SMILES string of the molecule is CC1(C)N=C(c2ccc(Br)cn2)NC1=O. The molecule has 0 saturated carbocycles. The fourth-order valence-electron chi connectivity index (χ4n) is 1.26. The molecule has 15 heavy (non-hydrogen) atoms. The second-order valence-electron chi connectivity index (χ2n) is 3.84. The van der Waals surface area contributed by atoms with Gasteiger partial charge in [-0.2, -0.15) is 0 Å². The molecule has 0 fully saturated rings. The van der Waals surface area contributed by atoms with Crippen molar-refractivity contribution in [3.8, 4) is 0 Å². The highest BCUT2D eigenvalue weighted by Crippen LogP contribution is 2.17. The van der Waals surface area contributed by atoms with Gasteiger partial charge in [0.1, 0.15) is 11.2 Å².